The van der Waals surface area contributed by atoms with Crippen molar-refractivity contribution in [2.75, 3.05) is 0 Å². The number of phenolic OH excluding ortho intramolecular Hbond substituents is 4. The van der Waals surface area contributed by atoms with Crippen molar-refractivity contribution in [1.29, 1.82) is 0 Å². The van der Waals surface area contributed by atoms with Crippen LogP contribution in [0, 0.1) is 0 Å². The van der Waals surface area contributed by atoms with Crippen LogP contribution in [-0.2, 0) is 0 Å². The third-order valence-electron chi connectivity index (χ3n) is 3.09. The molecule has 0 atom stereocenters. The van der Waals surface area contributed by atoms with E-state index >= 15 is 0 Å². The molecular weight excluding hydrogens is 276 g/mol. The first-order valence-electron chi connectivity index (χ1n) is 5.98. The normalized spacial score (nSPS) is 15.0. The van der Waals surface area contributed by atoms with E-state index in [1.807, 2.05) is 0 Å². The van der Waals surface area contributed by atoms with Gasteiger partial charge in [0.25, 0.3) is 0 Å². The maximum absolute atomic E-state index is 12.1. The summed E-state index contributed by atoms with van der Waals surface area (Å²) in [4.78, 5) is 12.1. The second-order valence-electron chi connectivity index (χ2n) is 4.49. The molecule has 0 bridgehead atoms. The highest BCUT2D eigenvalue weighted by atomic mass is 16.5. The summed E-state index contributed by atoms with van der Waals surface area (Å²) in [6, 6.07) is 6.35. The van der Waals surface area contributed by atoms with E-state index in [2.05, 4.69) is 0 Å². The van der Waals surface area contributed by atoms with Crippen LogP contribution in [0.2, 0.25) is 0 Å². The molecule has 4 N–H and O–H groups in total. The minimum Gasteiger partial charge on any atom is -0.508 e. The van der Waals surface area contributed by atoms with Crippen molar-refractivity contribution in [3.05, 3.63) is 47.2 Å². The summed E-state index contributed by atoms with van der Waals surface area (Å²) in [5.74, 6) is -1.91. The second kappa shape index (κ2) is 4.45. The number of phenols is 4. The summed E-state index contributed by atoms with van der Waals surface area (Å²) in [6.07, 6.45) is 1.24. The molecule has 6 nitrogen and oxygen atoms in total. The third-order valence-corrected chi connectivity index (χ3v) is 3.09. The lowest BCUT2D eigenvalue weighted by atomic mass is 10.1. The van der Waals surface area contributed by atoms with Gasteiger partial charge < -0.3 is 25.2 Å². The average Bonchev–Trinajstić information content (AvgIpc) is 2.76. The van der Waals surface area contributed by atoms with Crippen LogP contribution < -0.4 is 4.74 Å². The number of ketones is 1. The van der Waals surface area contributed by atoms with E-state index in [0.29, 0.717) is 0 Å². The molecule has 1 aliphatic heterocycles. The standard InChI is InChI=1S/C15H10O6/c16-8-1-3-10(17)7(5-8)6-12-13(19)9-2-4-11(18)14(20)15(9)21-12/h1-6,16-18,20H. The van der Waals surface area contributed by atoms with Crippen molar-refractivity contribution in [3.63, 3.8) is 0 Å². The van der Waals surface area contributed by atoms with Gasteiger partial charge in [-0.2, -0.15) is 0 Å². The van der Waals surface area contributed by atoms with Crippen LogP contribution in [0.25, 0.3) is 6.08 Å². The third kappa shape index (κ3) is 2.02. The quantitative estimate of drug-likeness (QED) is 0.363. The van der Waals surface area contributed by atoms with Crippen molar-refractivity contribution in [2.24, 2.45) is 0 Å². The number of carbonyl (C=O) groups is 1. The Morgan fingerprint density at radius 1 is 0.952 bits per heavy atom. The van der Waals surface area contributed by atoms with E-state index in [0.717, 1.165) is 0 Å². The lowest BCUT2D eigenvalue weighted by Crippen LogP contribution is -1.98. The molecule has 0 aliphatic carbocycles. The molecule has 106 valence electrons. The van der Waals surface area contributed by atoms with Crippen LogP contribution in [0.4, 0.5) is 0 Å². The molecule has 1 aliphatic rings. The average molecular weight is 286 g/mol. The number of aromatic hydroxyl groups is 4. The lowest BCUT2D eigenvalue weighted by molar-refractivity contribution is 0.101. The molecule has 0 saturated heterocycles. The zero-order valence-corrected chi connectivity index (χ0v) is 10.6. The van der Waals surface area contributed by atoms with Gasteiger partial charge in [0, 0.05) is 5.56 Å². The molecule has 1 heterocycles. The number of hydrogen-bond acceptors (Lipinski definition) is 6. The summed E-state index contributed by atoms with van der Waals surface area (Å²) >= 11 is 0. The zero-order valence-electron chi connectivity index (χ0n) is 10.6. The summed E-state index contributed by atoms with van der Waals surface area (Å²) < 4.78 is 5.24. The van der Waals surface area contributed by atoms with Crippen LogP contribution >= 0.6 is 0 Å². The molecule has 2 aromatic carbocycles. The Kier molecular flexibility index (Phi) is 2.72. The van der Waals surface area contributed by atoms with Crippen LogP contribution in [0.1, 0.15) is 15.9 Å². The van der Waals surface area contributed by atoms with E-state index < -0.39 is 17.3 Å². The lowest BCUT2D eigenvalue weighted by Gasteiger charge is -2.03. The Bertz CT molecular complexity index is 791. The number of benzene rings is 2. The van der Waals surface area contributed by atoms with Gasteiger partial charge in [-0.15, -0.1) is 0 Å². The largest absolute Gasteiger partial charge is 0.508 e. The van der Waals surface area contributed by atoms with E-state index in [-0.39, 0.29) is 34.1 Å². The molecule has 0 aromatic heterocycles. The Balaban J connectivity index is 2.07. The van der Waals surface area contributed by atoms with Crippen molar-refractivity contribution >= 4 is 11.9 Å². The van der Waals surface area contributed by atoms with E-state index in [4.69, 9.17) is 4.74 Å². The van der Waals surface area contributed by atoms with Crippen molar-refractivity contribution in [2.45, 2.75) is 0 Å². The van der Waals surface area contributed by atoms with Gasteiger partial charge in [-0.25, -0.2) is 0 Å². The van der Waals surface area contributed by atoms with Crippen LogP contribution in [0.3, 0.4) is 0 Å². The van der Waals surface area contributed by atoms with Gasteiger partial charge in [-0.05, 0) is 36.4 Å². The van der Waals surface area contributed by atoms with Gasteiger partial charge in [-0.3, -0.25) is 4.79 Å². The highest BCUT2D eigenvalue weighted by molar-refractivity contribution is 6.15. The predicted molar refractivity (Wildman–Crippen MR) is 72.5 cm³/mol. The summed E-state index contributed by atoms with van der Waals surface area (Å²) in [5, 5.41) is 38.1. The molecule has 0 amide bonds. The first-order chi connectivity index (χ1) is 9.97. The Labute approximate surface area is 118 Å². The monoisotopic (exact) mass is 286 g/mol. The second-order valence-corrected chi connectivity index (χ2v) is 4.49. The number of fused-ring (bicyclic) bond motifs is 1. The van der Waals surface area contributed by atoms with Gasteiger partial charge in [0.15, 0.2) is 17.3 Å². The molecule has 21 heavy (non-hydrogen) atoms. The number of ether oxygens (including phenoxy) is 1. The predicted octanol–water partition coefficient (Wildman–Crippen LogP) is 2.13. The molecule has 0 spiro atoms. The van der Waals surface area contributed by atoms with Crippen molar-refractivity contribution < 1.29 is 30.0 Å². The number of carbonyl (C=O) groups excluding carboxylic acids is 1. The molecule has 0 saturated carbocycles. The summed E-state index contributed by atoms with van der Waals surface area (Å²) in [7, 11) is 0. The summed E-state index contributed by atoms with van der Waals surface area (Å²) in [5.41, 5.74) is 0.297. The van der Waals surface area contributed by atoms with Crippen molar-refractivity contribution in [1.82, 2.24) is 0 Å². The highest BCUT2D eigenvalue weighted by Gasteiger charge is 2.31. The van der Waals surface area contributed by atoms with Crippen LogP contribution in [-0.4, -0.2) is 26.2 Å². The Hall–Kier alpha value is -3.15. The van der Waals surface area contributed by atoms with Crippen LogP contribution in [0.15, 0.2) is 36.1 Å². The van der Waals surface area contributed by atoms with E-state index in [1.54, 1.807) is 0 Å². The van der Waals surface area contributed by atoms with Gasteiger partial charge in [0.05, 0.1) is 5.56 Å². The minimum absolute atomic E-state index is 0.0805. The molecule has 0 fully saturated rings. The maximum atomic E-state index is 12.1. The number of allylic oxidation sites excluding steroid dienone is 1. The maximum Gasteiger partial charge on any atom is 0.232 e. The van der Waals surface area contributed by atoms with Gasteiger partial charge in [-0.1, -0.05) is 0 Å². The van der Waals surface area contributed by atoms with Crippen molar-refractivity contribution in [3.8, 4) is 28.7 Å². The van der Waals surface area contributed by atoms with Crippen LogP contribution in [0.5, 0.6) is 28.7 Å². The number of Topliss-reactive ketones (excluding diaryl/α,β-unsaturated/α-hetero) is 1. The van der Waals surface area contributed by atoms with E-state index in [9.17, 15) is 25.2 Å². The molecule has 0 radical (unpaired) electrons. The molecule has 0 unspecified atom stereocenters. The minimum atomic E-state index is -0.524. The Morgan fingerprint density at radius 2 is 1.67 bits per heavy atom. The zero-order chi connectivity index (χ0) is 15.1. The van der Waals surface area contributed by atoms with Gasteiger partial charge >= 0.3 is 0 Å². The highest BCUT2D eigenvalue weighted by Crippen LogP contribution is 2.44. The van der Waals surface area contributed by atoms with Gasteiger partial charge in [0.1, 0.15) is 11.5 Å². The Morgan fingerprint density at radius 3 is 2.43 bits per heavy atom. The topological polar surface area (TPSA) is 107 Å². The molecular formula is C15H10O6. The summed E-state index contributed by atoms with van der Waals surface area (Å²) in [6.45, 7) is 0. The molecule has 6 heteroatoms. The number of rotatable bonds is 1. The first-order valence-corrected chi connectivity index (χ1v) is 5.98. The first kappa shape index (κ1) is 12.9. The fraction of sp³-hybridized carbons (Fsp3) is 0. The molecule has 3 rings (SSSR count). The van der Waals surface area contributed by atoms with E-state index in [1.165, 1.54) is 36.4 Å². The van der Waals surface area contributed by atoms with Gasteiger partial charge in [0.2, 0.25) is 11.5 Å². The fourth-order valence-electron chi connectivity index (χ4n) is 2.03. The fourth-order valence-corrected chi connectivity index (χ4v) is 2.03. The smallest absolute Gasteiger partial charge is 0.232 e. The number of hydrogen-bond donors (Lipinski definition) is 4. The molecule has 2 aromatic rings. The SMILES string of the molecule is O=C1C(=Cc2cc(O)ccc2O)Oc2c1ccc(O)c2O.